The summed E-state index contributed by atoms with van der Waals surface area (Å²) >= 11 is 1.47. The molecule has 0 fully saturated rings. The number of rotatable bonds is 6. The molecule has 0 radical (unpaired) electrons. The van der Waals surface area contributed by atoms with Crippen LogP contribution >= 0.6 is 11.3 Å². The van der Waals surface area contributed by atoms with Gasteiger partial charge in [0.15, 0.2) is 0 Å². The summed E-state index contributed by atoms with van der Waals surface area (Å²) in [7, 11) is 1.59. The van der Waals surface area contributed by atoms with Crippen LogP contribution in [0.2, 0.25) is 0 Å². The van der Waals surface area contributed by atoms with Crippen molar-refractivity contribution >= 4 is 33.8 Å². The van der Waals surface area contributed by atoms with E-state index < -0.39 is 0 Å². The van der Waals surface area contributed by atoms with E-state index in [4.69, 9.17) is 4.74 Å². The normalized spacial score (nSPS) is 10.4. The minimum absolute atomic E-state index is 0.175. The van der Waals surface area contributed by atoms with Gasteiger partial charge >= 0.3 is 0 Å². The highest BCUT2D eigenvalue weighted by Crippen LogP contribution is 2.29. The van der Waals surface area contributed by atoms with Crippen LogP contribution < -0.4 is 15.4 Å². The summed E-state index contributed by atoms with van der Waals surface area (Å²) in [6.07, 6.45) is 0. The molecular weight excluding hydrogens is 384 g/mol. The fraction of sp³-hybridized carbons (Fsp3) is 0.0455. The van der Waals surface area contributed by atoms with Crippen LogP contribution in [0.3, 0.4) is 0 Å². The van der Waals surface area contributed by atoms with Crippen LogP contribution in [0.15, 0.2) is 78.9 Å². The second kappa shape index (κ2) is 8.53. The minimum atomic E-state index is -0.175. The number of para-hydroxylation sites is 1. The Bertz CT molecular complexity index is 1090. The number of nitrogens with zero attached hydrogens (tertiary/aromatic N) is 2. The van der Waals surface area contributed by atoms with Crippen molar-refractivity contribution in [1.29, 1.82) is 0 Å². The first-order chi connectivity index (χ1) is 14.2. The van der Waals surface area contributed by atoms with Gasteiger partial charge in [-0.05, 0) is 60.7 Å². The third-order valence-corrected chi connectivity index (χ3v) is 5.08. The van der Waals surface area contributed by atoms with Crippen LogP contribution in [0.5, 0.6) is 5.75 Å². The van der Waals surface area contributed by atoms with E-state index in [0.29, 0.717) is 17.0 Å². The first kappa shape index (κ1) is 18.6. The van der Waals surface area contributed by atoms with Crippen molar-refractivity contribution in [1.82, 2.24) is 10.2 Å². The van der Waals surface area contributed by atoms with Gasteiger partial charge in [0.25, 0.3) is 5.91 Å². The first-order valence-corrected chi connectivity index (χ1v) is 9.74. The number of hydrogen-bond donors (Lipinski definition) is 2. The molecule has 0 spiro atoms. The van der Waals surface area contributed by atoms with Crippen molar-refractivity contribution in [3.63, 3.8) is 0 Å². The number of ether oxygens (including phenoxy) is 1. The molecule has 2 N–H and O–H groups in total. The van der Waals surface area contributed by atoms with Gasteiger partial charge in [-0.1, -0.05) is 29.5 Å². The second-order valence-corrected chi connectivity index (χ2v) is 7.14. The number of anilines is 3. The SMILES string of the molecule is COc1ccc(C(=O)Nc2ccc(-c3nnc(Nc4ccccc4)s3)cc2)cc1. The molecule has 7 heteroatoms. The lowest BCUT2D eigenvalue weighted by Gasteiger charge is -2.06. The Morgan fingerprint density at radius 1 is 0.862 bits per heavy atom. The van der Waals surface area contributed by atoms with Crippen LogP contribution in [0.4, 0.5) is 16.5 Å². The van der Waals surface area contributed by atoms with Gasteiger partial charge in [-0.3, -0.25) is 4.79 Å². The van der Waals surface area contributed by atoms with Crippen molar-refractivity contribution in [3.05, 3.63) is 84.4 Å². The Hall–Kier alpha value is -3.71. The maximum atomic E-state index is 12.4. The van der Waals surface area contributed by atoms with Crippen molar-refractivity contribution < 1.29 is 9.53 Å². The van der Waals surface area contributed by atoms with Crippen molar-refractivity contribution in [2.75, 3.05) is 17.7 Å². The van der Waals surface area contributed by atoms with E-state index >= 15 is 0 Å². The lowest BCUT2D eigenvalue weighted by Crippen LogP contribution is -2.11. The third-order valence-electron chi connectivity index (χ3n) is 4.19. The Labute approximate surface area is 172 Å². The molecule has 29 heavy (non-hydrogen) atoms. The van der Waals surface area contributed by atoms with E-state index in [2.05, 4.69) is 20.8 Å². The number of methoxy groups -OCH3 is 1. The molecule has 1 aromatic heterocycles. The topological polar surface area (TPSA) is 76.1 Å². The van der Waals surface area contributed by atoms with Gasteiger partial charge < -0.3 is 15.4 Å². The fourth-order valence-electron chi connectivity index (χ4n) is 2.68. The summed E-state index contributed by atoms with van der Waals surface area (Å²) in [6, 6.07) is 24.3. The van der Waals surface area contributed by atoms with Crippen LogP contribution in [0.1, 0.15) is 10.4 Å². The standard InChI is InChI=1S/C22H18N4O2S/c1-28-19-13-9-15(10-14-19)20(27)23-18-11-7-16(8-12-18)21-25-26-22(29-21)24-17-5-3-2-4-6-17/h2-14H,1H3,(H,23,27)(H,24,26). The summed E-state index contributed by atoms with van der Waals surface area (Å²) < 4.78 is 5.11. The molecule has 4 rings (SSSR count). The van der Waals surface area contributed by atoms with E-state index in [1.54, 1.807) is 31.4 Å². The average molecular weight is 402 g/mol. The third kappa shape index (κ3) is 4.59. The maximum Gasteiger partial charge on any atom is 0.255 e. The van der Waals surface area contributed by atoms with Gasteiger partial charge in [0, 0.05) is 22.5 Å². The monoisotopic (exact) mass is 402 g/mol. The summed E-state index contributed by atoms with van der Waals surface area (Å²) in [4.78, 5) is 12.4. The number of carbonyl (C=O) groups excluding carboxylic acids is 1. The van der Waals surface area contributed by atoms with Crippen LogP contribution in [-0.2, 0) is 0 Å². The van der Waals surface area contributed by atoms with E-state index in [9.17, 15) is 4.79 Å². The Morgan fingerprint density at radius 3 is 2.28 bits per heavy atom. The molecule has 0 aliphatic rings. The molecule has 6 nitrogen and oxygen atoms in total. The lowest BCUT2D eigenvalue weighted by atomic mass is 10.2. The largest absolute Gasteiger partial charge is 0.497 e. The molecule has 0 unspecified atom stereocenters. The van der Waals surface area contributed by atoms with Crippen molar-refractivity contribution in [3.8, 4) is 16.3 Å². The van der Waals surface area contributed by atoms with E-state index in [-0.39, 0.29) is 5.91 Å². The van der Waals surface area contributed by atoms with E-state index in [1.165, 1.54) is 11.3 Å². The highest BCUT2D eigenvalue weighted by atomic mass is 32.1. The first-order valence-electron chi connectivity index (χ1n) is 8.93. The average Bonchev–Trinajstić information content (AvgIpc) is 3.23. The number of benzene rings is 3. The van der Waals surface area contributed by atoms with E-state index in [1.807, 2.05) is 54.6 Å². The van der Waals surface area contributed by atoms with Crippen molar-refractivity contribution in [2.45, 2.75) is 0 Å². The molecule has 0 aliphatic carbocycles. The molecule has 4 aromatic rings. The Morgan fingerprint density at radius 2 is 1.59 bits per heavy atom. The summed E-state index contributed by atoms with van der Waals surface area (Å²) in [6.45, 7) is 0. The zero-order valence-electron chi connectivity index (χ0n) is 15.6. The summed E-state index contributed by atoms with van der Waals surface area (Å²) in [5.41, 5.74) is 3.18. The predicted octanol–water partition coefficient (Wildman–Crippen LogP) is 5.21. The van der Waals surface area contributed by atoms with Gasteiger partial charge in [0.05, 0.1) is 7.11 Å². The van der Waals surface area contributed by atoms with Gasteiger partial charge in [-0.2, -0.15) is 0 Å². The Balaban J connectivity index is 1.42. The highest BCUT2D eigenvalue weighted by Gasteiger charge is 2.09. The molecule has 144 valence electrons. The smallest absolute Gasteiger partial charge is 0.255 e. The number of aromatic nitrogens is 2. The summed E-state index contributed by atoms with van der Waals surface area (Å²) in [5, 5.41) is 16.1. The van der Waals surface area contributed by atoms with Gasteiger partial charge in [-0.15, -0.1) is 10.2 Å². The highest BCUT2D eigenvalue weighted by molar-refractivity contribution is 7.18. The number of carbonyl (C=O) groups is 1. The second-order valence-electron chi connectivity index (χ2n) is 6.16. The van der Waals surface area contributed by atoms with Gasteiger partial charge in [0.2, 0.25) is 5.13 Å². The summed E-state index contributed by atoms with van der Waals surface area (Å²) in [5.74, 6) is 0.537. The Kier molecular flexibility index (Phi) is 5.49. The molecule has 0 atom stereocenters. The molecule has 0 aliphatic heterocycles. The number of hydrogen-bond acceptors (Lipinski definition) is 6. The zero-order chi connectivity index (χ0) is 20.1. The van der Waals surface area contributed by atoms with Crippen molar-refractivity contribution in [2.24, 2.45) is 0 Å². The fourth-order valence-corrected chi connectivity index (χ4v) is 3.45. The van der Waals surface area contributed by atoms with E-state index in [0.717, 1.165) is 21.4 Å². The molecule has 0 bridgehead atoms. The molecule has 1 amide bonds. The molecule has 0 saturated heterocycles. The number of nitrogens with one attached hydrogen (secondary N) is 2. The van der Waals surface area contributed by atoms with Gasteiger partial charge in [0.1, 0.15) is 10.8 Å². The lowest BCUT2D eigenvalue weighted by molar-refractivity contribution is 0.102. The van der Waals surface area contributed by atoms with Crippen LogP contribution in [0.25, 0.3) is 10.6 Å². The quantitative estimate of drug-likeness (QED) is 0.463. The van der Waals surface area contributed by atoms with Gasteiger partial charge in [-0.25, -0.2) is 0 Å². The predicted molar refractivity (Wildman–Crippen MR) is 116 cm³/mol. The molecule has 0 saturated carbocycles. The van der Waals surface area contributed by atoms with Crippen LogP contribution in [0, 0.1) is 0 Å². The maximum absolute atomic E-state index is 12.4. The zero-order valence-corrected chi connectivity index (χ0v) is 16.4. The van der Waals surface area contributed by atoms with Crippen LogP contribution in [-0.4, -0.2) is 23.2 Å². The molecular formula is C22H18N4O2S. The molecule has 1 heterocycles. The minimum Gasteiger partial charge on any atom is -0.497 e. The molecule has 3 aromatic carbocycles. The number of amides is 1.